The second kappa shape index (κ2) is 10.6. The molecule has 4 aromatic carbocycles. The molecule has 0 saturated carbocycles. The van der Waals surface area contributed by atoms with E-state index in [1.165, 1.54) is 11.1 Å². The number of fused-ring (bicyclic) bond motifs is 1. The van der Waals surface area contributed by atoms with Crippen LogP contribution in [0, 0.1) is 12.8 Å². The van der Waals surface area contributed by atoms with E-state index in [0.29, 0.717) is 0 Å². The number of hydrogen-bond donors (Lipinski definition) is 1. The summed E-state index contributed by atoms with van der Waals surface area (Å²) in [5.41, 5.74) is 8.05. The third-order valence-corrected chi connectivity index (χ3v) is 8.44. The summed E-state index contributed by atoms with van der Waals surface area (Å²) < 4.78 is 2.20. The van der Waals surface area contributed by atoms with E-state index in [-0.39, 0.29) is 11.7 Å². The van der Waals surface area contributed by atoms with E-state index < -0.39 is 5.54 Å². The first-order chi connectivity index (χ1) is 20.6. The van der Waals surface area contributed by atoms with Crippen LogP contribution in [0.5, 0.6) is 5.75 Å². The average Bonchev–Trinajstić information content (AvgIpc) is 3.44. The maximum absolute atomic E-state index is 9.84. The molecule has 204 valence electrons. The van der Waals surface area contributed by atoms with Crippen LogP contribution in [-0.2, 0) is 5.54 Å². The molecule has 6 aromatic rings. The largest absolute Gasteiger partial charge is 0.508 e. The molecule has 1 unspecified atom stereocenters. The summed E-state index contributed by atoms with van der Waals surface area (Å²) in [6, 6.07) is 37.3. The molecule has 1 aliphatic rings. The van der Waals surface area contributed by atoms with Crippen LogP contribution < -0.4 is 0 Å². The Morgan fingerprint density at radius 1 is 0.762 bits per heavy atom. The Kier molecular flexibility index (Phi) is 6.52. The molecule has 4 heteroatoms. The van der Waals surface area contributed by atoms with Crippen LogP contribution in [0.2, 0.25) is 0 Å². The Bertz CT molecular complexity index is 1880. The van der Waals surface area contributed by atoms with Crippen molar-refractivity contribution < 1.29 is 5.11 Å². The van der Waals surface area contributed by atoms with E-state index in [1.54, 1.807) is 12.1 Å². The number of pyridine rings is 1. The van der Waals surface area contributed by atoms with Crippen LogP contribution in [0.1, 0.15) is 23.2 Å². The fourth-order valence-electron chi connectivity index (χ4n) is 6.43. The van der Waals surface area contributed by atoms with E-state index >= 15 is 0 Å². The second-order valence-electron chi connectivity index (χ2n) is 10.9. The standard InChI is InChI=1S/C38H31N3O/c1-27-36(29-19-22-37-35(25-29)34(23-24-39-37)28-17-20-33(42)21-18-28)26-41(40-27)38(30-11-5-2-6-12-30,31-13-7-3-8-14-31)32-15-9-4-10-16-32/h2-15,17-26,32,42H,16H2,1H3. The van der Waals surface area contributed by atoms with Gasteiger partial charge in [-0.2, -0.15) is 5.10 Å². The van der Waals surface area contributed by atoms with Gasteiger partial charge in [0.05, 0.1) is 11.2 Å². The number of aromatic nitrogens is 3. The van der Waals surface area contributed by atoms with Crippen molar-refractivity contribution in [1.82, 2.24) is 14.8 Å². The molecule has 7 rings (SSSR count). The quantitative estimate of drug-likeness (QED) is 0.228. The molecule has 2 heterocycles. The van der Waals surface area contributed by atoms with Crippen LogP contribution in [0.15, 0.2) is 146 Å². The number of allylic oxidation sites excluding steroid dienone is 4. The molecule has 1 aliphatic carbocycles. The Morgan fingerprint density at radius 3 is 2.12 bits per heavy atom. The highest BCUT2D eigenvalue weighted by Crippen LogP contribution is 2.45. The van der Waals surface area contributed by atoms with Crippen LogP contribution in [-0.4, -0.2) is 19.9 Å². The molecule has 1 atom stereocenters. The van der Waals surface area contributed by atoms with E-state index in [1.807, 2.05) is 24.4 Å². The average molecular weight is 546 g/mol. The van der Waals surface area contributed by atoms with Crippen molar-refractivity contribution >= 4 is 10.9 Å². The Balaban J connectivity index is 1.43. The van der Waals surface area contributed by atoms with Crippen molar-refractivity contribution in [3.05, 3.63) is 163 Å². The van der Waals surface area contributed by atoms with Crippen molar-refractivity contribution in [2.75, 3.05) is 0 Å². The number of hydrogen-bond acceptors (Lipinski definition) is 3. The molecular weight excluding hydrogens is 514 g/mol. The van der Waals surface area contributed by atoms with Crippen LogP contribution in [0.4, 0.5) is 0 Å². The second-order valence-corrected chi connectivity index (χ2v) is 10.9. The SMILES string of the molecule is Cc1nn(C(c2ccccc2)(c2ccccc2)C2C=CC=CC2)cc1-c1ccc2nccc(-c3ccc(O)cc3)c2c1. The van der Waals surface area contributed by atoms with Crippen molar-refractivity contribution in [2.24, 2.45) is 5.92 Å². The molecule has 0 aliphatic heterocycles. The van der Waals surface area contributed by atoms with Crippen molar-refractivity contribution in [3.8, 4) is 28.0 Å². The number of phenols is 1. The van der Waals surface area contributed by atoms with E-state index in [4.69, 9.17) is 5.10 Å². The minimum Gasteiger partial charge on any atom is -0.508 e. The molecule has 42 heavy (non-hydrogen) atoms. The first-order valence-electron chi connectivity index (χ1n) is 14.3. The van der Waals surface area contributed by atoms with Gasteiger partial charge in [0, 0.05) is 29.3 Å². The van der Waals surface area contributed by atoms with Crippen LogP contribution in [0.25, 0.3) is 33.2 Å². The molecule has 2 aromatic heterocycles. The summed E-state index contributed by atoms with van der Waals surface area (Å²) in [6.45, 7) is 2.09. The van der Waals surface area contributed by atoms with Gasteiger partial charge in [0.25, 0.3) is 0 Å². The van der Waals surface area contributed by atoms with E-state index in [2.05, 4.69) is 126 Å². The number of phenolic OH excluding ortho intramolecular Hbond substituents is 1. The van der Waals surface area contributed by atoms with Gasteiger partial charge in [0.15, 0.2) is 0 Å². The summed E-state index contributed by atoms with van der Waals surface area (Å²) >= 11 is 0. The van der Waals surface area contributed by atoms with E-state index in [9.17, 15) is 5.11 Å². The zero-order valence-electron chi connectivity index (χ0n) is 23.4. The Labute approximate surface area is 245 Å². The zero-order chi connectivity index (χ0) is 28.5. The first-order valence-corrected chi connectivity index (χ1v) is 14.3. The minimum absolute atomic E-state index is 0.168. The Hall–Kier alpha value is -5.22. The highest BCUT2D eigenvalue weighted by Gasteiger charge is 2.43. The van der Waals surface area contributed by atoms with Gasteiger partial charge >= 0.3 is 0 Å². The lowest BCUT2D eigenvalue weighted by Crippen LogP contribution is -2.43. The zero-order valence-corrected chi connectivity index (χ0v) is 23.4. The fraction of sp³-hybridized carbons (Fsp3) is 0.105. The molecule has 0 saturated heterocycles. The first kappa shape index (κ1) is 25.7. The highest BCUT2D eigenvalue weighted by molar-refractivity contribution is 5.97. The van der Waals surface area contributed by atoms with Crippen molar-refractivity contribution in [3.63, 3.8) is 0 Å². The Morgan fingerprint density at radius 2 is 1.45 bits per heavy atom. The number of rotatable bonds is 6. The lowest BCUT2D eigenvalue weighted by Gasteiger charge is -2.41. The summed E-state index contributed by atoms with van der Waals surface area (Å²) in [5, 5.41) is 16.2. The highest BCUT2D eigenvalue weighted by atomic mass is 16.3. The predicted molar refractivity (Wildman–Crippen MR) is 170 cm³/mol. The fourth-order valence-corrected chi connectivity index (χ4v) is 6.43. The number of aryl methyl sites for hydroxylation is 1. The van der Waals surface area contributed by atoms with E-state index in [0.717, 1.165) is 45.3 Å². The normalized spacial score (nSPS) is 14.8. The monoisotopic (exact) mass is 545 g/mol. The molecule has 0 fully saturated rings. The predicted octanol–water partition coefficient (Wildman–Crippen LogP) is 8.70. The molecule has 4 nitrogen and oxygen atoms in total. The van der Waals surface area contributed by atoms with Crippen LogP contribution >= 0.6 is 0 Å². The van der Waals surface area contributed by atoms with Gasteiger partial charge in [-0.15, -0.1) is 0 Å². The van der Waals surface area contributed by atoms with Gasteiger partial charge in [-0.3, -0.25) is 9.67 Å². The maximum Gasteiger partial charge on any atom is 0.119 e. The maximum atomic E-state index is 9.84. The van der Waals surface area contributed by atoms with Gasteiger partial charge in [0.1, 0.15) is 11.3 Å². The minimum atomic E-state index is -0.539. The molecular formula is C38H31N3O. The third kappa shape index (κ3) is 4.33. The number of aromatic hydroxyl groups is 1. The molecule has 0 amide bonds. The van der Waals surface area contributed by atoms with Gasteiger partial charge in [0.2, 0.25) is 0 Å². The topological polar surface area (TPSA) is 50.9 Å². The molecule has 1 N–H and O–H groups in total. The molecule has 0 spiro atoms. The van der Waals surface area contributed by atoms with Gasteiger partial charge in [-0.05, 0) is 71.5 Å². The lowest BCUT2D eigenvalue weighted by molar-refractivity contribution is 0.292. The van der Waals surface area contributed by atoms with Gasteiger partial charge in [-0.1, -0.05) is 103 Å². The summed E-state index contributed by atoms with van der Waals surface area (Å²) in [6.07, 6.45) is 13.8. The summed E-state index contributed by atoms with van der Waals surface area (Å²) in [7, 11) is 0. The lowest BCUT2D eigenvalue weighted by atomic mass is 9.70. The number of benzene rings is 4. The molecule has 0 bridgehead atoms. The van der Waals surface area contributed by atoms with Crippen LogP contribution in [0.3, 0.4) is 0 Å². The third-order valence-electron chi connectivity index (χ3n) is 8.44. The molecule has 0 radical (unpaired) electrons. The van der Waals surface area contributed by atoms with Crippen molar-refractivity contribution in [1.29, 1.82) is 0 Å². The van der Waals surface area contributed by atoms with Gasteiger partial charge in [-0.25, -0.2) is 0 Å². The van der Waals surface area contributed by atoms with Crippen molar-refractivity contribution in [2.45, 2.75) is 18.9 Å². The summed E-state index contributed by atoms with van der Waals surface area (Å²) in [5.74, 6) is 0.422. The smallest absolute Gasteiger partial charge is 0.119 e. The number of nitrogens with zero attached hydrogens (tertiary/aromatic N) is 3. The summed E-state index contributed by atoms with van der Waals surface area (Å²) in [4.78, 5) is 4.64. The van der Waals surface area contributed by atoms with Gasteiger partial charge < -0.3 is 5.11 Å².